The molecule has 0 spiro atoms. The van der Waals surface area contributed by atoms with E-state index < -0.39 is 5.82 Å². The number of halogens is 2. The van der Waals surface area contributed by atoms with E-state index >= 15 is 0 Å². The minimum absolute atomic E-state index is 0.207. The molecule has 0 bridgehead atoms. The maximum Gasteiger partial charge on any atom is 0.254 e. The summed E-state index contributed by atoms with van der Waals surface area (Å²) in [6, 6.07) is 13.1. The zero-order chi connectivity index (χ0) is 17.4. The van der Waals surface area contributed by atoms with Crippen LogP contribution in [-0.4, -0.2) is 22.5 Å². The fourth-order valence-electron chi connectivity index (χ4n) is 3.04. The van der Waals surface area contributed by atoms with Crippen LogP contribution in [0.2, 0.25) is 5.02 Å². The lowest BCUT2D eigenvalue weighted by atomic mass is 10.00. The number of hydrogen-bond donors (Lipinski definition) is 0. The van der Waals surface area contributed by atoms with Crippen LogP contribution in [0.1, 0.15) is 21.6 Å². The summed E-state index contributed by atoms with van der Waals surface area (Å²) in [7, 11) is 0. The maximum atomic E-state index is 13.3. The third-order valence-corrected chi connectivity index (χ3v) is 4.56. The number of benzene rings is 2. The highest BCUT2D eigenvalue weighted by Gasteiger charge is 2.27. The van der Waals surface area contributed by atoms with Gasteiger partial charge in [0, 0.05) is 28.3 Å². The molecule has 1 aromatic heterocycles. The van der Waals surface area contributed by atoms with E-state index in [4.69, 9.17) is 16.1 Å². The first kappa shape index (κ1) is 15.8. The molecule has 0 aliphatic carbocycles. The predicted octanol–water partition coefficient (Wildman–Crippen LogP) is 4.33. The number of nitrogens with zero attached hydrogens (tertiary/aromatic N) is 2. The molecule has 0 fully saturated rings. The van der Waals surface area contributed by atoms with Gasteiger partial charge in [-0.15, -0.1) is 0 Å². The summed E-state index contributed by atoms with van der Waals surface area (Å²) in [5.41, 5.74) is 2.99. The number of hydrogen-bond acceptors (Lipinski definition) is 3. The molecule has 0 N–H and O–H groups in total. The molecule has 0 unspecified atom stereocenters. The van der Waals surface area contributed by atoms with Crippen molar-refractivity contribution in [2.45, 2.75) is 13.0 Å². The van der Waals surface area contributed by atoms with Crippen molar-refractivity contribution in [3.8, 4) is 11.3 Å². The Bertz CT molecular complexity index is 937. The normalized spacial score (nSPS) is 13.6. The molecule has 6 heteroatoms. The van der Waals surface area contributed by atoms with Gasteiger partial charge in [0.05, 0.1) is 6.54 Å². The van der Waals surface area contributed by atoms with Crippen molar-refractivity contribution in [2.75, 3.05) is 6.54 Å². The largest absolute Gasteiger partial charge is 0.356 e. The van der Waals surface area contributed by atoms with Crippen LogP contribution in [0, 0.1) is 5.82 Å². The zero-order valence-electron chi connectivity index (χ0n) is 13.2. The summed E-state index contributed by atoms with van der Waals surface area (Å²) in [5.74, 6) is 0.0840. The Morgan fingerprint density at radius 2 is 2.00 bits per heavy atom. The van der Waals surface area contributed by atoms with E-state index in [1.807, 2.05) is 12.1 Å². The quantitative estimate of drug-likeness (QED) is 0.686. The zero-order valence-corrected chi connectivity index (χ0v) is 14.0. The Hall–Kier alpha value is -2.66. The topological polar surface area (TPSA) is 46.3 Å². The van der Waals surface area contributed by atoms with Crippen LogP contribution in [0.15, 0.2) is 53.1 Å². The Morgan fingerprint density at radius 1 is 1.20 bits per heavy atom. The van der Waals surface area contributed by atoms with Crippen molar-refractivity contribution in [3.63, 3.8) is 0 Å². The second-order valence-corrected chi connectivity index (χ2v) is 6.37. The fourth-order valence-corrected chi connectivity index (χ4v) is 3.16. The van der Waals surface area contributed by atoms with E-state index in [1.165, 1.54) is 18.2 Å². The van der Waals surface area contributed by atoms with Gasteiger partial charge in [0.2, 0.25) is 0 Å². The third-order valence-electron chi connectivity index (χ3n) is 4.31. The van der Waals surface area contributed by atoms with Crippen molar-refractivity contribution in [1.29, 1.82) is 0 Å². The van der Waals surface area contributed by atoms with Crippen LogP contribution < -0.4 is 0 Å². The van der Waals surface area contributed by atoms with Crippen LogP contribution in [0.4, 0.5) is 4.39 Å². The molecule has 0 saturated heterocycles. The van der Waals surface area contributed by atoms with Crippen molar-refractivity contribution >= 4 is 17.5 Å². The molecule has 126 valence electrons. The second-order valence-electron chi connectivity index (χ2n) is 5.93. The number of rotatable bonds is 2. The molecule has 1 amide bonds. The average molecular weight is 357 g/mol. The number of aromatic nitrogens is 1. The number of carbonyl (C=O) groups is 1. The first-order chi connectivity index (χ1) is 12.1. The minimum atomic E-state index is -0.421. The highest BCUT2D eigenvalue weighted by Crippen LogP contribution is 2.31. The van der Waals surface area contributed by atoms with Gasteiger partial charge in [0.1, 0.15) is 11.5 Å². The van der Waals surface area contributed by atoms with Gasteiger partial charge in [-0.2, -0.15) is 0 Å². The lowest BCUT2D eigenvalue weighted by molar-refractivity contribution is 0.0731. The summed E-state index contributed by atoms with van der Waals surface area (Å²) in [5, 5.41) is 4.78. The van der Waals surface area contributed by atoms with E-state index in [9.17, 15) is 9.18 Å². The lowest BCUT2D eigenvalue weighted by Crippen LogP contribution is -2.36. The SMILES string of the molecule is O=C(c1cccc(F)c1)N1CCc2c(noc2-c2ccc(Cl)cc2)C1. The minimum Gasteiger partial charge on any atom is -0.356 e. The van der Waals surface area contributed by atoms with Crippen LogP contribution in [0.25, 0.3) is 11.3 Å². The first-order valence-corrected chi connectivity index (χ1v) is 8.28. The summed E-state index contributed by atoms with van der Waals surface area (Å²) in [6.07, 6.45) is 0.637. The molecule has 4 nitrogen and oxygen atoms in total. The Labute approximate surface area is 148 Å². The van der Waals surface area contributed by atoms with Gasteiger partial charge in [-0.05, 0) is 48.9 Å². The standard InChI is InChI=1S/C19H14ClFN2O2/c20-14-6-4-12(5-7-14)18-16-8-9-23(11-17(16)22-25-18)19(24)13-2-1-3-15(21)10-13/h1-7,10H,8-9,11H2. The van der Waals surface area contributed by atoms with Crippen molar-refractivity contribution in [1.82, 2.24) is 10.1 Å². The van der Waals surface area contributed by atoms with E-state index in [-0.39, 0.29) is 5.91 Å². The molecule has 0 saturated carbocycles. The molecular weight excluding hydrogens is 343 g/mol. The van der Waals surface area contributed by atoms with Crippen LogP contribution in [0.5, 0.6) is 0 Å². The number of carbonyl (C=O) groups excluding carboxylic acids is 1. The van der Waals surface area contributed by atoms with E-state index in [0.29, 0.717) is 35.9 Å². The average Bonchev–Trinajstić information content (AvgIpc) is 3.05. The molecular formula is C19H14ClFN2O2. The van der Waals surface area contributed by atoms with Gasteiger partial charge in [0.15, 0.2) is 5.76 Å². The number of fused-ring (bicyclic) bond motifs is 1. The van der Waals surface area contributed by atoms with Crippen molar-refractivity contribution < 1.29 is 13.7 Å². The lowest BCUT2D eigenvalue weighted by Gasteiger charge is -2.26. The third kappa shape index (κ3) is 3.03. The van der Waals surface area contributed by atoms with Gasteiger partial charge >= 0.3 is 0 Å². The van der Waals surface area contributed by atoms with Crippen molar-refractivity contribution in [3.05, 3.63) is 76.2 Å². The molecule has 1 aliphatic rings. The summed E-state index contributed by atoms with van der Waals surface area (Å²) < 4.78 is 18.9. The van der Waals surface area contributed by atoms with Crippen LogP contribution >= 0.6 is 11.6 Å². The Balaban J connectivity index is 1.58. The monoisotopic (exact) mass is 356 g/mol. The Kier molecular flexibility index (Phi) is 4.01. The van der Waals surface area contributed by atoms with E-state index in [0.717, 1.165) is 16.8 Å². The molecule has 25 heavy (non-hydrogen) atoms. The predicted molar refractivity (Wildman–Crippen MR) is 91.8 cm³/mol. The molecule has 0 radical (unpaired) electrons. The fraction of sp³-hybridized carbons (Fsp3) is 0.158. The van der Waals surface area contributed by atoms with Crippen molar-refractivity contribution in [2.24, 2.45) is 0 Å². The molecule has 0 atom stereocenters. The van der Waals surface area contributed by atoms with Gasteiger partial charge < -0.3 is 9.42 Å². The summed E-state index contributed by atoms with van der Waals surface area (Å²) >= 11 is 5.92. The molecule has 2 aromatic carbocycles. The van der Waals surface area contributed by atoms with Gasteiger partial charge in [-0.25, -0.2) is 4.39 Å². The van der Waals surface area contributed by atoms with Gasteiger partial charge in [-0.1, -0.05) is 22.8 Å². The van der Waals surface area contributed by atoms with Gasteiger partial charge in [0.25, 0.3) is 5.91 Å². The number of amides is 1. The van der Waals surface area contributed by atoms with Gasteiger partial charge in [-0.3, -0.25) is 4.79 Å². The molecule has 4 rings (SSSR count). The highest BCUT2D eigenvalue weighted by molar-refractivity contribution is 6.30. The van der Waals surface area contributed by atoms with Crippen LogP contribution in [-0.2, 0) is 13.0 Å². The van der Waals surface area contributed by atoms with E-state index in [1.54, 1.807) is 23.1 Å². The highest BCUT2D eigenvalue weighted by atomic mass is 35.5. The Morgan fingerprint density at radius 3 is 2.76 bits per heavy atom. The second kappa shape index (κ2) is 6.33. The first-order valence-electron chi connectivity index (χ1n) is 7.90. The smallest absolute Gasteiger partial charge is 0.254 e. The van der Waals surface area contributed by atoms with E-state index in [2.05, 4.69) is 5.16 Å². The molecule has 1 aliphatic heterocycles. The molecule has 2 heterocycles. The summed E-state index contributed by atoms with van der Waals surface area (Å²) in [6.45, 7) is 0.881. The summed E-state index contributed by atoms with van der Waals surface area (Å²) in [4.78, 5) is 14.2. The van der Waals surface area contributed by atoms with Crippen LogP contribution in [0.3, 0.4) is 0 Å². The maximum absolute atomic E-state index is 13.3. The molecule has 3 aromatic rings.